The third-order valence-electron chi connectivity index (χ3n) is 5.42. The number of hydrogen-bond acceptors (Lipinski definition) is 5. The van der Waals surface area contributed by atoms with Gasteiger partial charge in [-0.25, -0.2) is 0 Å². The summed E-state index contributed by atoms with van der Waals surface area (Å²) in [5.74, 6) is 1.88. The number of hydrogen-bond donors (Lipinski definition) is 2. The summed E-state index contributed by atoms with van der Waals surface area (Å²) in [6, 6.07) is 7.34. The molecule has 170 valence electrons. The fourth-order valence-electron chi connectivity index (χ4n) is 3.85. The number of rotatable bonds is 7. The van der Waals surface area contributed by atoms with Crippen molar-refractivity contribution in [2.45, 2.75) is 32.1 Å². The Morgan fingerprint density at radius 3 is 2.68 bits per heavy atom. The fraction of sp³-hybridized carbons (Fsp3) is 0.524. The van der Waals surface area contributed by atoms with E-state index in [9.17, 15) is 4.79 Å². The van der Waals surface area contributed by atoms with Crippen LogP contribution in [0.4, 0.5) is 0 Å². The van der Waals surface area contributed by atoms with Gasteiger partial charge in [0.05, 0.1) is 5.41 Å². The molecule has 0 saturated heterocycles. The number of amides is 1. The molecule has 2 aromatic rings. The van der Waals surface area contributed by atoms with Crippen LogP contribution in [-0.2, 0) is 11.2 Å². The van der Waals surface area contributed by atoms with Gasteiger partial charge in [0, 0.05) is 51.2 Å². The Hall–Kier alpha value is -1.88. The molecule has 1 saturated carbocycles. The zero-order valence-electron chi connectivity index (χ0n) is 18.2. The van der Waals surface area contributed by atoms with Crippen molar-refractivity contribution in [3.8, 4) is 11.4 Å². The van der Waals surface area contributed by atoms with Gasteiger partial charge in [-0.15, -0.1) is 24.0 Å². The van der Waals surface area contributed by atoms with Gasteiger partial charge in [0.2, 0.25) is 17.6 Å². The lowest BCUT2D eigenvalue weighted by Crippen LogP contribution is -2.49. The van der Waals surface area contributed by atoms with E-state index in [-0.39, 0.29) is 35.3 Å². The van der Waals surface area contributed by atoms with Gasteiger partial charge in [0.1, 0.15) is 0 Å². The summed E-state index contributed by atoms with van der Waals surface area (Å²) in [4.78, 5) is 23.1. The highest BCUT2D eigenvalue weighted by molar-refractivity contribution is 14.0. The van der Waals surface area contributed by atoms with Crippen molar-refractivity contribution in [1.82, 2.24) is 25.7 Å². The molecular weight excluding hydrogens is 531 g/mol. The van der Waals surface area contributed by atoms with Gasteiger partial charge in [-0.2, -0.15) is 4.98 Å². The average Bonchev–Trinajstić information content (AvgIpc) is 3.40. The topological polar surface area (TPSA) is 95.6 Å². The zero-order chi connectivity index (χ0) is 21.6. The third-order valence-corrected chi connectivity index (χ3v) is 5.66. The van der Waals surface area contributed by atoms with Crippen LogP contribution in [0.25, 0.3) is 11.4 Å². The number of carbonyl (C=O) groups is 1. The Balaban J connectivity index is 0.00000341. The molecule has 3 rings (SSSR count). The van der Waals surface area contributed by atoms with Gasteiger partial charge >= 0.3 is 0 Å². The summed E-state index contributed by atoms with van der Waals surface area (Å²) >= 11 is 6.02. The Morgan fingerprint density at radius 2 is 2.03 bits per heavy atom. The van der Waals surface area contributed by atoms with Crippen molar-refractivity contribution in [3.63, 3.8) is 0 Å². The highest BCUT2D eigenvalue weighted by Crippen LogP contribution is 2.38. The number of benzene rings is 1. The molecule has 0 atom stereocenters. The molecular formula is C21H30ClIN6O2. The van der Waals surface area contributed by atoms with E-state index in [1.165, 1.54) is 0 Å². The molecule has 1 aliphatic rings. The molecule has 2 N–H and O–H groups in total. The molecule has 8 nitrogen and oxygen atoms in total. The highest BCUT2D eigenvalue weighted by Gasteiger charge is 2.42. The summed E-state index contributed by atoms with van der Waals surface area (Å²) in [7, 11) is 5.35. The van der Waals surface area contributed by atoms with Crippen molar-refractivity contribution < 1.29 is 9.32 Å². The van der Waals surface area contributed by atoms with Gasteiger partial charge in [-0.05, 0) is 25.0 Å². The molecule has 0 spiro atoms. The van der Waals surface area contributed by atoms with E-state index in [2.05, 4.69) is 25.8 Å². The van der Waals surface area contributed by atoms with Gasteiger partial charge in [-0.1, -0.05) is 41.7 Å². The fourth-order valence-corrected chi connectivity index (χ4v) is 4.05. The van der Waals surface area contributed by atoms with Gasteiger partial charge in [-0.3, -0.25) is 9.79 Å². The largest absolute Gasteiger partial charge is 0.356 e. The lowest BCUT2D eigenvalue weighted by molar-refractivity contribution is -0.138. The molecule has 0 bridgehead atoms. The van der Waals surface area contributed by atoms with Crippen LogP contribution >= 0.6 is 35.6 Å². The summed E-state index contributed by atoms with van der Waals surface area (Å²) in [6.07, 6.45) is 4.53. The number of aromatic nitrogens is 2. The van der Waals surface area contributed by atoms with Crippen LogP contribution in [0.15, 0.2) is 33.8 Å². The van der Waals surface area contributed by atoms with E-state index < -0.39 is 0 Å². The number of aliphatic imine (C=N–C) groups is 1. The van der Waals surface area contributed by atoms with E-state index in [1.54, 1.807) is 24.1 Å². The third kappa shape index (κ3) is 6.55. The first kappa shape index (κ1) is 25.4. The number of guanidine groups is 1. The normalized spacial score (nSPS) is 15.3. The Morgan fingerprint density at radius 1 is 1.29 bits per heavy atom. The van der Waals surface area contributed by atoms with E-state index >= 15 is 0 Å². The molecule has 1 aromatic heterocycles. The van der Waals surface area contributed by atoms with E-state index in [4.69, 9.17) is 16.1 Å². The van der Waals surface area contributed by atoms with Crippen molar-refractivity contribution in [2.75, 3.05) is 34.2 Å². The highest BCUT2D eigenvalue weighted by atomic mass is 127. The smallest absolute Gasteiger partial charge is 0.230 e. The maximum absolute atomic E-state index is 12.7. The quantitative estimate of drug-likeness (QED) is 0.306. The Labute approximate surface area is 205 Å². The molecule has 1 fully saturated rings. The molecule has 0 unspecified atom stereocenters. The van der Waals surface area contributed by atoms with Crippen LogP contribution in [0, 0.1) is 5.41 Å². The maximum atomic E-state index is 12.7. The standard InChI is InChI=1S/C21H29ClN6O2.HI/c1-23-20(25-14-21(10-4-5-11-21)19(29)28(2)3)24-12-9-17-26-18(27-30-17)15-7-6-8-16(22)13-15;/h6-8,13H,4-5,9-12,14H2,1-3H3,(H2,23,24,25);1H. The minimum absolute atomic E-state index is 0. The number of carbonyl (C=O) groups excluding carboxylic acids is 1. The minimum Gasteiger partial charge on any atom is -0.356 e. The van der Waals surface area contributed by atoms with E-state index in [0.717, 1.165) is 31.2 Å². The van der Waals surface area contributed by atoms with Crippen molar-refractivity contribution >= 4 is 47.4 Å². The molecule has 1 aromatic carbocycles. The average molecular weight is 561 g/mol. The summed E-state index contributed by atoms with van der Waals surface area (Å²) in [5, 5.41) is 11.2. The van der Waals surface area contributed by atoms with E-state index in [0.29, 0.717) is 42.2 Å². The second kappa shape index (κ2) is 11.7. The Bertz CT molecular complexity index is 896. The monoisotopic (exact) mass is 560 g/mol. The lowest BCUT2D eigenvalue weighted by atomic mass is 9.84. The van der Waals surface area contributed by atoms with E-state index in [1.807, 2.05) is 26.2 Å². The molecule has 0 aliphatic heterocycles. The van der Waals surface area contributed by atoms with Crippen LogP contribution in [0.2, 0.25) is 5.02 Å². The summed E-state index contributed by atoms with van der Waals surface area (Å²) in [5.41, 5.74) is 0.467. The molecule has 0 radical (unpaired) electrons. The lowest BCUT2D eigenvalue weighted by Gasteiger charge is -2.31. The van der Waals surface area contributed by atoms with Crippen LogP contribution in [0.3, 0.4) is 0 Å². The van der Waals surface area contributed by atoms with Gasteiger partial charge in [0.25, 0.3) is 0 Å². The first-order valence-corrected chi connectivity index (χ1v) is 10.6. The van der Waals surface area contributed by atoms with Crippen LogP contribution in [0.5, 0.6) is 0 Å². The van der Waals surface area contributed by atoms with Crippen LogP contribution < -0.4 is 10.6 Å². The number of nitrogens with zero attached hydrogens (tertiary/aromatic N) is 4. The molecule has 31 heavy (non-hydrogen) atoms. The van der Waals surface area contributed by atoms with Crippen molar-refractivity contribution in [3.05, 3.63) is 35.2 Å². The Kier molecular flexibility index (Phi) is 9.54. The van der Waals surface area contributed by atoms with Gasteiger partial charge in [0.15, 0.2) is 5.96 Å². The minimum atomic E-state index is -0.348. The van der Waals surface area contributed by atoms with Crippen LogP contribution in [0.1, 0.15) is 31.6 Å². The summed E-state index contributed by atoms with van der Waals surface area (Å²) < 4.78 is 5.33. The summed E-state index contributed by atoms with van der Waals surface area (Å²) in [6.45, 7) is 1.15. The van der Waals surface area contributed by atoms with Gasteiger partial charge < -0.3 is 20.1 Å². The molecule has 1 heterocycles. The first-order valence-electron chi connectivity index (χ1n) is 10.2. The number of halogens is 2. The predicted molar refractivity (Wildman–Crippen MR) is 133 cm³/mol. The maximum Gasteiger partial charge on any atom is 0.230 e. The SMILES string of the molecule is CN=C(NCCc1nc(-c2cccc(Cl)c2)no1)NCC1(C(=O)N(C)C)CCCC1.I. The zero-order valence-corrected chi connectivity index (χ0v) is 21.2. The molecule has 1 amide bonds. The second-order valence-electron chi connectivity index (χ2n) is 7.81. The number of nitrogens with one attached hydrogen (secondary N) is 2. The van der Waals surface area contributed by atoms with Crippen LogP contribution in [-0.4, -0.2) is 61.1 Å². The predicted octanol–water partition coefficient (Wildman–Crippen LogP) is 3.36. The first-order chi connectivity index (χ1) is 14.4. The molecule has 1 aliphatic carbocycles. The van der Waals surface area contributed by atoms with Crippen molar-refractivity contribution in [1.29, 1.82) is 0 Å². The van der Waals surface area contributed by atoms with Crippen molar-refractivity contribution in [2.24, 2.45) is 10.4 Å². The second-order valence-corrected chi connectivity index (χ2v) is 8.25. The molecule has 10 heteroatoms.